The van der Waals surface area contributed by atoms with Gasteiger partial charge in [0.25, 0.3) is 0 Å². The van der Waals surface area contributed by atoms with Crippen LogP contribution in [-0.4, -0.2) is 23.4 Å². The molecule has 1 aromatic heterocycles. The molecule has 2 rings (SSSR count). The Bertz CT molecular complexity index is 358. The van der Waals surface area contributed by atoms with Crippen molar-refractivity contribution in [2.24, 2.45) is 5.73 Å². The summed E-state index contributed by atoms with van der Waals surface area (Å²) in [4.78, 5) is 14.1. The second kappa shape index (κ2) is 6.59. The number of hydrogen-bond acceptors (Lipinski definition) is 3. The highest BCUT2D eigenvalue weighted by Crippen LogP contribution is 2.29. The van der Waals surface area contributed by atoms with Crippen LogP contribution < -0.4 is 5.73 Å². The summed E-state index contributed by atoms with van der Waals surface area (Å²) in [5.74, 6) is 1.13. The molecule has 0 unspecified atom stereocenters. The third-order valence-corrected chi connectivity index (χ3v) is 3.31. The van der Waals surface area contributed by atoms with Crippen LogP contribution in [0.1, 0.15) is 44.3 Å². The van der Waals surface area contributed by atoms with Crippen molar-refractivity contribution in [3.63, 3.8) is 0 Å². The van der Waals surface area contributed by atoms with E-state index in [0.717, 1.165) is 37.9 Å². The number of carbonyl (C=O) groups excluding carboxylic acids is 1. The molecular weight excluding hydrogens is 228 g/mol. The van der Waals surface area contributed by atoms with Gasteiger partial charge in [-0.05, 0) is 44.4 Å². The number of rotatable bonds is 8. The fourth-order valence-electron chi connectivity index (χ4n) is 2.12. The molecule has 4 heteroatoms. The number of hydrogen-bond donors (Lipinski definition) is 1. The van der Waals surface area contributed by atoms with Gasteiger partial charge in [0.15, 0.2) is 0 Å². The molecule has 4 nitrogen and oxygen atoms in total. The van der Waals surface area contributed by atoms with E-state index in [2.05, 4.69) is 0 Å². The summed E-state index contributed by atoms with van der Waals surface area (Å²) in [5.41, 5.74) is 5.45. The Morgan fingerprint density at radius 2 is 2.22 bits per heavy atom. The number of unbranched alkanes of at least 4 members (excludes halogenated alkanes) is 2. The number of nitrogens with zero attached hydrogens (tertiary/aromatic N) is 1. The number of amides is 1. The Kier molecular flexibility index (Phi) is 4.81. The molecule has 100 valence electrons. The molecule has 1 aromatic rings. The minimum atomic E-state index is 0.255. The van der Waals surface area contributed by atoms with Crippen molar-refractivity contribution in [2.45, 2.75) is 51.1 Å². The van der Waals surface area contributed by atoms with E-state index >= 15 is 0 Å². The van der Waals surface area contributed by atoms with Crippen LogP contribution in [0.5, 0.6) is 0 Å². The molecule has 2 N–H and O–H groups in total. The van der Waals surface area contributed by atoms with Crippen LogP contribution in [0.25, 0.3) is 0 Å². The molecule has 0 aromatic carbocycles. The Morgan fingerprint density at radius 3 is 2.83 bits per heavy atom. The molecular formula is C14H22N2O2. The monoisotopic (exact) mass is 250 g/mol. The van der Waals surface area contributed by atoms with Gasteiger partial charge in [-0.2, -0.15) is 0 Å². The van der Waals surface area contributed by atoms with Gasteiger partial charge in [0, 0.05) is 12.5 Å². The highest BCUT2D eigenvalue weighted by Gasteiger charge is 2.32. The van der Waals surface area contributed by atoms with Gasteiger partial charge < -0.3 is 15.1 Å². The van der Waals surface area contributed by atoms with Crippen LogP contribution in [0.15, 0.2) is 22.8 Å². The van der Waals surface area contributed by atoms with E-state index < -0.39 is 0 Å². The largest absolute Gasteiger partial charge is 0.467 e. The molecule has 1 fully saturated rings. The summed E-state index contributed by atoms with van der Waals surface area (Å²) in [6, 6.07) is 4.24. The van der Waals surface area contributed by atoms with Crippen LogP contribution in [-0.2, 0) is 11.3 Å². The van der Waals surface area contributed by atoms with Gasteiger partial charge in [0.05, 0.1) is 12.8 Å². The van der Waals surface area contributed by atoms with Crippen LogP contribution in [0.3, 0.4) is 0 Å². The van der Waals surface area contributed by atoms with E-state index in [1.54, 1.807) is 6.26 Å². The fraction of sp³-hybridized carbons (Fsp3) is 0.643. The van der Waals surface area contributed by atoms with Crippen molar-refractivity contribution >= 4 is 5.91 Å². The summed E-state index contributed by atoms with van der Waals surface area (Å²) in [6.07, 6.45) is 7.56. The molecule has 1 aliphatic rings. The van der Waals surface area contributed by atoms with Gasteiger partial charge >= 0.3 is 0 Å². The molecule has 0 saturated heterocycles. The van der Waals surface area contributed by atoms with Gasteiger partial charge in [0.1, 0.15) is 5.76 Å². The normalized spacial score (nSPS) is 14.7. The maximum Gasteiger partial charge on any atom is 0.223 e. The van der Waals surface area contributed by atoms with E-state index in [-0.39, 0.29) is 5.91 Å². The van der Waals surface area contributed by atoms with Crippen molar-refractivity contribution in [1.29, 1.82) is 0 Å². The first kappa shape index (κ1) is 13.1. The van der Waals surface area contributed by atoms with Crippen molar-refractivity contribution in [2.75, 3.05) is 6.54 Å². The number of carbonyl (C=O) groups is 1. The summed E-state index contributed by atoms with van der Waals surface area (Å²) in [7, 11) is 0. The molecule has 18 heavy (non-hydrogen) atoms. The first-order valence-electron chi connectivity index (χ1n) is 6.83. The molecule has 1 amide bonds. The standard InChI is InChI=1S/C14H22N2O2/c15-9-3-1-2-6-14(17)16(12-7-8-12)11-13-5-4-10-18-13/h4-5,10,12H,1-3,6-9,11,15H2. The lowest BCUT2D eigenvalue weighted by molar-refractivity contribution is -0.132. The summed E-state index contributed by atoms with van der Waals surface area (Å²) < 4.78 is 5.32. The Labute approximate surface area is 108 Å². The van der Waals surface area contributed by atoms with Crippen molar-refractivity contribution in [1.82, 2.24) is 4.90 Å². The molecule has 1 heterocycles. The third-order valence-electron chi connectivity index (χ3n) is 3.31. The number of nitrogens with two attached hydrogens (primary N) is 1. The maximum atomic E-state index is 12.2. The smallest absolute Gasteiger partial charge is 0.223 e. The second-order valence-electron chi connectivity index (χ2n) is 4.93. The quantitative estimate of drug-likeness (QED) is 0.720. The highest BCUT2D eigenvalue weighted by molar-refractivity contribution is 5.76. The van der Waals surface area contributed by atoms with Gasteiger partial charge in [-0.25, -0.2) is 0 Å². The maximum absolute atomic E-state index is 12.2. The van der Waals surface area contributed by atoms with Crippen LogP contribution in [0.4, 0.5) is 0 Å². The van der Waals surface area contributed by atoms with E-state index in [0.29, 0.717) is 25.6 Å². The predicted molar refractivity (Wildman–Crippen MR) is 69.8 cm³/mol. The lowest BCUT2D eigenvalue weighted by atomic mass is 10.1. The minimum Gasteiger partial charge on any atom is -0.467 e. The summed E-state index contributed by atoms with van der Waals surface area (Å²) >= 11 is 0. The average Bonchev–Trinajstić information content (AvgIpc) is 3.08. The van der Waals surface area contributed by atoms with Crippen LogP contribution >= 0.6 is 0 Å². The first-order chi connectivity index (χ1) is 8.81. The van der Waals surface area contributed by atoms with Gasteiger partial charge in [0.2, 0.25) is 5.91 Å². The predicted octanol–water partition coefficient (Wildman–Crippen LogP) is 2.29. The molecule has 0 bridgehead atoms. The SMILES string of the molecule is NCCCCCC(=O)N(Cc1ccco1)C1CC1. The minimum absolute atomic E-state index is 0.255. The number of furan rings is 1. The molecule has 0 aliphatic heterocycles. The van der Waals surface area contributed by atoms with Crippen LogP contribution in [0.2, 0.25) is 0 Å². The van der Waals surface area contributed by atoms with Crippen LogP contribution in [0, 0.1) is 0 Å². The van der Waals surface area contributed by atoms with E-state index in [4.69, 9.17) is 10.2 Å². The average molecular weight is 250 g/mol. The first-order valence-corrected chi connectivity index (χ1v) is 6.83. The summed E-state index contributed by atoms with van der Waals surface area (Å²) in [5, 5.41) is 0. The van der Waals surface area contributed by atoms with Gasteiger partial charge in [-0.15, -0.1) is 0 Å². The Hall–Kier alpha value is -1.29. The topological polar surface area (TPSA) is 59.5 Å². The third kappa shape index (κ3) is 3.88. The fourth-order valence-corrected chi connectivity index (χ4v) is 2.12. The van der Waals surface area contributed by atoms with Crippen molar-refractivity contribution in [3.05, 3.63) is 24.2 Å². The van der Waals surface area contributed by atoms with E-state index in [1.807, 2.05) is 17.0 Å². The van der Waals surface area contributed by atoms with E-state index in [1.165, 1.54) is 0 Å². The Morgan fingerprint density at radius 1 is 1.39 bits per heavy atom. The lowest BCUT2D eigenvalue weighted by Crippen LogP contribution is -2.32. The molecule has 1 aliphatic carbocycles. The second-order valence-corrected chi connectivity index (χ2v) is 4.93. The van der Waals surface area contributed by atoms with Gasteiger partial charge in [-0.1, -0.05) is 6.42 Å². The molecule has 0 atom stereocenters. The van der Waals surface area contributed by atoms with Gasteiger partial charge in [-0.3, -0.25) is 4.79 Å². The van der Waals surface area contributed by atoms with Crippen molar-refractivity contribution < 1.29 is 9.21 Å². The van der Waals surface area contributed by atoms with E-state index in [9.17, 15) is 4.79 Å². The Balaban J connectivity index is 1.79. The zero-order chi connectivity index (χ0) is 12.8. The molecule has 0 radical (unpaired) electrons. The summed E-state index contributed by atoms with van der Waals surface area (Å²) in [6.45, 7) is 1.33. The van der Waals surface area contributed by atoms with Crippen molar-refractivity contribution in [3.8, 4) is 0 Å². The molecule has 1 saturated carbocycles. The highest BCUT2D eigenvalue weighted by atomic mass is 16.3. The zero-order valence-electron chi connectivity index (χ0n) is 10.8. The lowest BCUT2D eigenvalue weighted by Gasteiger charge is -2.21. The molecule has 0 spiro atoms. The zero-order valence-corrected chi connectivity index (χ0v) is 10.8.